The van der Waals surface area contributed by atoms with Gasteiger partial charge in [0.05, 0.1) is 25.7 Å². The molecule has 2 aromatic carbocycles. The molecule has 0 aliphatic rings. The summed E-state index contributed by atoms with van der Waals surface area (Å²) >= 11 is 0. The van der Waals surface area contributed by atoms with Crippen LogP contribution in [-0.2, 0) is 21.4 Å². The van der Waals surface area contributed by atoms with Gasteiger partial charge in [0.1, 0.15) is 0 Å². The van der Waals surface area contributed by atoms with Crippen LogP contribution in [0.2, 0.25) is 0 Å². The average molecular weight is 435 g/mol. The Morgan fingerprint density at radius 2 is 1.70 bits per heavy atom. The fourth-order valence-electron chi connectivity index (χ4n) is 2.86. The maximum atomic E-state index is 13.4. The van der Waals surface area contributed by atoms with Crippen LogP contribution in [0.4, 0.5) is 0 Å². The van der Waals surface area contributed by atoms with Crippen molar-refractivity contribution >= 4 is 15.9 Å². The number of rotatable bonds is 11. The molecule has 0 bridgehead atoms. The van der Waals surface area contributed by atoms with E-state index in [0.717, 1.165) is 12.0 Å². The van der Waals surface area contributed by atoms with Crippen molar-refractivity contribution in [2.45, 2.75) is 31.7 Å². The molecule has 0 atom stereocenters. The molecule has 0 heterocycles. The smallest absolute Gasteiger partial charge is 0.243 e. The zero-order chi connectivity index (χ0) is 22.1. The number of benzene rings is 2. The van der Waals surface area contributed by atoms with E-state index in [1.807, 2.05) is 30.3 Å². The number of carbonyl (C=O) groups is 1. The molecule has 1 amide bonds. The molecule has 164 valence electrons. The van der Waals surface area contributed by atoms with Crippen LogP contribution in [0, 0.1) is 5.92 Å². The molecule has 0 spiro atoms. The van der Waals surface area contributed by atoms with E-state index in [9.17, 15) is 13.2 Å². The number of nitrogens with zero attached hydrogens (tertiary/aromatic N) is 1. The summed E-state index contributed by atoms with van der Waals surface area (Å²) in [5, 5.41) is 2.80. The Balaban J connectivity index is 2.30. The average Bonchev–Trinajstić information content (AvgIpc) is 2.73. The molecule has 2 rings (SSSR count). The first-order valence-electron chi connectivity index (χ1n) is 9.80. The molecule has 0 saturated heterocycles. The fraction of sp³-hybridized carbons (Fsp3) is 0.409. The van der Waals surface area contributed by atoms with Crippen LogP contribution < -0.4 is 14.8 Å². The number of hydrogen-bond donors (Lipinski definition) is 1. The van der Waals surface area contributed by atoms with E-state index in [2.05, 4.69) is 19.2 Å². The van der Waals surface area contributed by atoms with Gasteiger partial charge in [0, 0.05) is 19.2 Å². The van der Waals surface area contributed by atoms with Crippen LogP contribution in [-0.4, -0.2) is 45.9 Å². The minimum Gasteiger partial charge on any atom is -0.493 e. The minimum absolute atomic E-state index is 0.0334. The minimum atomic E-state index is -3.96. The summed E-state index contributed by atoms with van der Waals surface area (Å²) in [5.74, 6) is 0.842. The molecular weight excluding hydrogens is 404 g/mol. The lowest BCUT2D eigenvalue weighted by Crippen LogP contribution is -2.40. The lowest BCUT2D eigenvalue weighted by Gasteiger charge is -2.22. The molecule has 2 aromatic rings. The number of methoxy groups -OCH3 is 2. The third kappa shape index (κ3) is 6.47. The van der Waals surface area contributed by atoms with Crippen molar-refractivity contribution in [2.24, 2.45) is 5.92 Å². The summed E-state index contributed by atoms with van der Waals surface area (Å²) in [6.07, 6.45) is 0.826. The topological polar surface area (TPSA) is 84.9 Å². The zero-order valence-corrected chi connectivity index (χ0v) is 18.7. The number of carbonyl (C=O) groups excluding carboxylic acids is 1. The molecule has 8 heteroatoms. The first-order valence-corrected chi connectivity index (χ1v) is 11.2. The summed E-state index contributed by atoms with van der Waals surface area (Å²) in [6.45, 7) is 4.44. The predicted molar refractivity (Wildman–Crippen MR) is 116 cm³/mol. The van der Waals surface area contributed by atoms with Crippen molar-refractivity contribution in [1.29, 1.82) is 0 Å². The van der Waals surface area contributed by atoms with Gasteiger partial charge in [-0.3, -0.25) is 4.79 Å². The number of sulfonamides is 1. The van der Waals surface area contributed by atoms with Crippen LogP contribution >= 0.6 is 0 Å². The van der Waals surface area contributed by atoms with Crippen molar-refractivity contribution in [1.82, 2.24) is 9.62 Å². The Bertz CT molecular complexity index is 930. The first kappa shape index (κ1) is 23.7. The summed E-state index contributed by atoms with van der Waals surface area (Å²) in [4.78, 5) is 12.5. The van der Waals surface area contributed by atoms with E-state index in [1.165, 1.54) is 36.7 Å². The maximum Gasteiger partial charge on any atom is 0.243 e. The van der Waals surface area contributed by atoms with Crippen molar-refractivity contribution in [3.63, 3.8) is 0 Å². The Hall–Kier alpha value is -2.58. The first-order chi connectivity index (χ1) is 14.3. The van der Waals surface area contributed by atoms with E-state index >= 15 is 0 Å². The molecule has 0 saturated carbocycles. The van der Waals surface area contributed by atoms with Gasteiger partial charge in [-0.1, -0.05) is 44.2 Å². The third-order valence-corrected chi connectivity index (χ3v) is 6.35. The maximum absolute atomic E-state index is 13.4. The lowest BCUT2D eigenvalue weighted by molar-refractivity contribution is -0.121. The molecule has 0 radical (unpaired) electrons. The molecule has 0 aliphatic heterocycles. The van der Waals surface area contributed by atoms with Crippen molar-refractivity contribution in [3.05, 3.63) is 54.1 Å². The van der Waals surface area contributed by atoms with Crippen molar-refractivity contribution in [3.8, 4) is 11.5 Å². The molecule has 7 nitrogen and oxygen atoms in total. The number of ether oxygens (including phenoxy) is 2. The highest BCUT2D eigenvalue weighted by molar-refractivity contribution is 7.89. The highest BCUT2D eigenvalue weighted by atomic mass is 32.2. The zero-order valence-electron chi connectivity index (χ0n) is 17.9. The Morgan fingerprint density at radius 1 is 1.03 bits per heavy atom. The number of nitrogens with one attached hydrogen (secondary N) is 1. The molecule has 0 unspecified atom stereocenters. The SMILES string of the molecule is COc1ccc(S(=O)(=O)N(CC(=O)NCCC(C)C)Cc2ccccc2)cc1OC. The highest BCUT2D eigenvalue weighted by Crippen LogP contribution is 2.31. The van der Waals surface area contributed by atoms with Gasteiger partial charge in [-0.2, -0.15) is 4.31 Å². The summed E-state index contributed by atoms with van der Waals surface area (Å²) in [6, 6.07) is 13.6. The molecular formula is C22H30N2O5S. The largest absolute Gasteiger partial charge is 0.493 e. The van der Waals surface area contributed by atoms with Gasteiger partial charge in [0.25, 0.3) is 0 Å². The van der Waals surface area contributed by atoms with E-state index in [-0.39, 0.29) is 23.9 Å². The van der Waals surface area contributed by atoms with Crippen molar-refractivity contribution in [2.75, 3.05) is 27.3 Å². The van der Waals surface area contributed by atoms with Gasteiger partial charge in [-0.05, 0) is 30.0 Å². The monoisotopic (exact) mass is 434 g/mol. The van der Waals surface area contributed by atoms with Gasteiger partial charge in [-0.15, -0.1) is 0 Å². The van der Waals surface area contributed by atoms with E-state index < -0.39 is 10.0 Å². The van der Waals surface area contributed by atoms with Crippen LogP contribution in [0.15, 0.2) is 53.4 Å². The van der Waals surface area contributed by atoms with Crippen LogP contribution in [0.25, 0.3) is 0 Å². The van der Waals surface area contributed by atoms with Crippen LogP contribution in [0.5, 0.6) is 11.5 Å². The predicted octanol–water partition coefficient (Wildman–Crippen LogP) is 3.06. The molecule has 0 fully saturated rings. The van der Waals surface area contributed by atoms with Gasteiger partial charge in [-0.25, -0.2) is 8.42 Å². The standard InChI is InChI=1S/C22H30N2O5S/c1-17(2)12-13-23-22(25)16-24(15-18-8-6-5-7-9-18)30(26,27)19-10-11-20(28-3)21(14-19)29-4/h5-11,14,17H,12-13,15-16H2,1-4H3,(H,23,25). The fourth-order valence-corrected chi connectivity index (χ4v) is 4.26. The van der Waals surface area contributed by atoms with Gasteiger partial charge in [0.2, 0.25) is 15.9 Å². The highest BCUT2D eigenvalue weighted by Gasteiger charge is 2.28. The second kappa shape index (κ2) is 11.0. The quantitative estimate of drug-likeness (QED) is 0.588. The van der Waals surface area contributed by atoms with E-state index in [0.29, 0.717) is 24.0 Å². The second-order valence-corrected chi connectivity index (χ2v) is 9.25. The third-order valence-electron chi connectivity index (χ3n) is 4.56. The molecule has 0 aromatic heterocycles. The van der Waals surface area contributed by atoms with Crippen LogP contribution in [0.3, 0.4) is 0 Å². The van der Waals surface area contributed by atoms with Gasteiger partial charge in [0.15, 0.2) is 11.5 Å². The normalized spacial score (nSPS) is 11.5. The molecule has 0 aliphatic carbocycles. The Kier molecular flexibility index (Phi) is 8.68. The summed E-state index contributed by atoms with van der Waals surface area (Å²) in [7, 11) is -1.03. The van der Waals surface area contributed by atoms with E-state index in [4.69, 9.17) is 9.47 Å². The molecule has 30 heavy (non-hydrogen) atoms. The second-order valence-electron chi connectivity index (χ2n) is 7.31. The molecule has 1 N–H and O–H groups in total. The number of hydrogen-bond acceptors (Lipinski definition) is 5. The van der Waals surface area contributed by atoms with Gasteiger partial charge >= 0.3 is 0 Å². The lowest BCUT2D eigenvalue weighted by atomic mass is 10.1. The van der Waals surface area contributed by atoms with E-state index in [1.54, 1.807) is 0 Å². The summed E-state index contributed by atoms with van der Waals surface area (Å²) < 4.78 is 38.3. The van der Waals surface area contributed by atoms with Gasteiger partial charge < -0.3 is 14.8 Å². The Morgan fingerprint density at radius 3 is 2.30 bits per heavy atom. The van der Waals surface area contributed by atoms with Crippen LogP contribution in [0.1, 0.15) is 25.8 Å². The number of amides is 1. The Labute approximate surface area is 179 Å². The summed E-state index contributed by atoms with van der Waals surface area (Å²) in [5.41, 5.74) is 0.788. The van der Waals surface area contributed by atoms with Crippen molar-refractivity contribution < 1.29 is 22.7 Å².